The van der Waals surface area contributed by atoms with Crippen LogP contribution < -0.4 is 15.6 Å². The Balaban J connectivity index is 0.00000169. The third-order valence-corrected chi connectivity index (χ3v) is 2.15. The number of rotatable bonds is 3. The van der Waals surface area contributed by atoms with Gasteiger partial charge in [0.25, 0.3) is 0 Å². The maximum absolute atomic E-state index is 5.75. The number of hydrogen-bond donors (Lipinski definition) is 2. The van der Waals surface area contributed by atoms with E-state index in [1.807, 2.05) is 38.6 Å². The van der Waals surface area contributed by atoms with Crippen LogP contribution in [0.3, 0.4) is 0 Å². The van der Waals surface area contributed by atoms with Gasteiger partial charge in [-0.2, -0.15) is 9.90 Å². The van der Waals surface area contributed by atoms with Gasteiger partial charge < -0.3 is 15.6 Å². The number of nitrogens with one attached hydrogen (secondary N) is 1. The van der Waals surface area contributed by atoms with Crippen molar-refractivity contribution in [3.63, 3.8) is 0 Å². The third kappa shape index (κ3) is 3.69. The average Bonchev–Trinajstić information content (AvgIpc) is 2.08. The summed E-state index contributed by atoms with van der Waals surface area (Å²) in [5, 5.41) is 3.04. The fraction of sp³-hybridized carbons (Fsp3) is 0.333. The van der Waals surface area contributed by atoms with Gasteiger partial charge in [0.05, 0.1) is 13.8 Å². The highest BCUT2D eigenvalue weighted by Crippen LogP contribution is 2.35. The molecule has 1 unspecified atom stereocenters. The Morgan fingerprint density at radius 3 is 2.50 bits per heavy atom. The van der Waals surface area contributed by atoms with Gasteiger partial charge in [0, 0.05) is 18.8 Å². The summed E-state index contributed by atoms with van der Waals surface area (Å²) >= 11 is 0. The Morgan fingerprint density at radius 1 is 1.36 bits per heavy atom. The van der Waals surface area contributed by atoms with Crippen LogP contribution in [-0.2, 0) is 0 Å². The van der Waals surface area contributed by atoms with Gasteiger partial charge in [-0.05, 0) is 25.5 Å². The topological polar surface area (TPSA) is 47.3 Å². The molecule has 0 fully saturated rings. The molecule has 5 heteroatoms. The van der Waals surface area contributed by atoms with Crippen molar-refractivity contribution in [1.29, 1.82) is 0 Å². The second-order valence-corrected chi connectivity index (χ2v) is 4.71. The molecule has 80 valence electrons. The molecule has 0 saturated carbocycles. The molecule has 3 nitrogen and oxygen atoms in total. The molecule has 0 saturated heterocycles. The number of anilines is 2. The minimum absolute atomic E-state index is 0. The van der Waals surface area contributed by atoms with Crippen molar-refractivity contribution in [2.45, 2.75) is 0 Å². The molecule has 0 bridgehead atoms. The quantitative estimate of drug-likeness (QED) is 0.621. The monoisotopic (exact) mass is 232 g/mol. The standard InChI is InChI=1S/C9H15N2OP.H3P/c1-11-7-4-5-8(10)9(6-7)12-13(2)3;/h4-6,11H,10H2,1-3H3;1H3. The number of hydrogen-bond acceptors (Lipinski definition) is 3. The summed E-state index contributed by atoms with van der Waals surface area (Å²) in [6.45, 7) is 4.08. The number of nitrogen functional groups attached to an aromatic ring is 1. The second-order valence-electron chi connectivity index (χ2n) is 2.91. The smallest absolute Gasteiger partial charge is 0.148 e. The van der Waals surface area contributed by atoms with Crippen LogP contribution in [-0.4, -0.2) is 20.4 Å². The maximum atomic E-state index is 5.75. The summed E-state index contributed by atoms with van der Waals surface area (Å²) in [7, 11) is 1.45. The molecule has 1 rings (SSSR count). The fourth-order valence-corrected chi connectivity index (χ4v) is 1.52. The summed E-state index contributed by atoms with van der Waals surface area (Å²) in [6, 6.07) is 5.69. The van der Waals surface area contributed by atoms with E-state index in [1.165, 1.54) is 0 Å². The Bertz CT molecular complexity index is 292. The van der Waals surface area contributed by atoms with Crippen molar-refractivity contribution in [2.24, 2.45) is 0 Å². The zero-order valence-electron chi connectivity index (χ0n) is 8.87. The van der Waals surface area contributed by atoms with E-state index < -0.39 is 8.15 Å². The van der Waals surface area contributed by atoms with Gasteiger partial charge in [-0.25, -0.2) is 0 Å². The van der Waals surface area contributed by atoms with Crippen molar-refractivity contribution >= 4 is 29.4 Å². The molecule has 1 atom stereocenters. The number of benzene rings is 1. The van der Waals surface area contributed by atoms with Crippen LogP contribution in [0.5, 0.6) is 5.75 Å². The molecule has 14 heavy (non-hydrogen) atoms. The molecule has 0 aliphatic rings. The van der Waals surface area contributed by atoms with Crippen LogP contribution in [0.25, 0.3) is 0 Å². The van der Waals surface area contributed by atoms with Crippen LogP contribution in [0, 0.1) is 0 Å². The maximum Gasteiger partial charge on any atom is 0.148 e. The molecular formula is C9H18N2OP2. The summed E-state index contributed by atoms with van der Waals surface area (Å²) in [5.74, 6) is 0.767. The first-order chi connectivity index (χ1) is 6.13. The first-order valence-corrected chi connectivity index (χ1v) is 6.21. The summed E-state index contributed by atoms with van der Waals surface area (Å²) in [6.07, 6.45) is 0. The SMILES string of the molecule is CNc1ccc(N)c(OP(C)C)c1.P. The Morgan fingerprint density at radius 2 is 2.00 bits per heavy atom. The molecule has 3 N–H and O–H groups in total. The lowest BCUT2D eigenvalue weighted by Gasteiger charge is -2.12. The van der Waals surface area contributed by atoms with Gasteiger partial charge in [-0.1, -0.05) is 0 Å². The Labute approximate surface area is 89.9 Å². The lowest BCUT2D eigenvalue weighted by atomic mass is 10.2. The summed E-state index contributed by atoms with van der Waals surface area (Å²) in [5.41, 5.74) is 7.45. The van der Waals surface area contributed by atoms with Crippen LogP contribution in [0.1, 0.15) is 0 Å². The second kappa shape index (κ2) is 6.06. The van der Waals surface area contributed by atoms with E-state index in [2.05, 4.69) is 5.32 Å². The molecule has 1 aromatic rings. The molecule has 0 heterocycles. The molecule has 0 radical (unpaired) electrons. The lowest BCUT2D eigenvalue weighted by molar-refractivity contribution is 0.626. The van der Waals surface area contributed by atoms with Gasteiger partial charge in [0.2, 0.25) is 0 Å². The zero-order chi connectivity index (χ0) is 9.84. The van der Waals surface area contributed by atoms with Crippen LogP contribution in [0.4, 0.5) is 11.4 Å². The minimum atomic E-state index is -0.418. The molecule has 0 spiro atoms. The molecule has 1 aromatic carbocycles. The molecule has 0 aliphatic heterocycles. The molecule has 0 aromatic heterocycles. The molecule has 0 aliphatic carbocycles. The van der Waals surface area contributed by atoms with E-state index in [-0.39, 0.29) is 9.90 Å². The summed E-state index contributed by atoms with van der Waals surface area (Å²) < 4.78 is 5.59. The van der Waals surface area contributed by atoms with Crippen molar-refractivity contribution in [3.05, 3.63) is 18.2 Å². The highest BCUT2D eigenvalue weighted by molar-refractivity contribution is 7.51. The highest BCUT2D eigenvalue weighted by atomic mass is 31.1. The molecule has 0 amide bonds. The van der Waals surface area contributed by atoms with Crippen LogP contribution in [0.15, 0.2) is 18.2 Å². The van der Waals surface area contributed by atoms with Gasteiger partial charge in [-0.3, -0.25) is 0 Å². The van der Waals surface area contributed by atoms with E-state index >= 15 is 0 Å². The van der Waals surface area contributed by atoms with Gasteiger partial charge in [0.15, 0.2) is 0 Å². The van der Waals surface area contributed by atoms with Crippen LogP contribution in [0.2, 0.25) is 0 Å². The van der Waals surface area contributed by atoms with Crippen molar-refractivity contribution in [2.75, 3.05) is 31.4 Å². The largest absolute Gasteiger partial charge is 0.472 e. The first-order valence-electron chi connectivity index (χ1n) is 4.06. The van der Waals surface area contributed by atoms with Gasteiger partial charge in [-0.15, -0.1) is 0 Å². The predicted octanol–water partition coefficient (Wildman–Crippen LogP) is 2.40. The Kier molecular flexibility index (Phi) is 5.83. The van der Waals surface area contributed by atoms with Crippen molar-refractivity contribution in [3.8, 4) is 5.75 Å². The summed E-state index contributed by atoms with van der Waals surface area (Å²) in [4.78, 5) is 0. The van der Waals surface area contributed by atoms with Crippen molar-refractivity contribution < 1.29 is 4.52 Å². The average molecular weight is 232 g/mol. The number of nitrogens with two attached hydrogens (primary N) is 1. The van der Waals surface area contributed by atoms with E-state index in [1.54, 1.807) is 0 Å². The zero-order valence-corrected chi connectivity index (χ0v) is 11.2. The third-order valence-electron chi connectivity index (χ3n) is 1.58. The van der Waals surface area contributed by atoms with Crippen LogP contribution >= 0.6 is 18.0 Å². The van der Waals surface area contributed by atoms with E-state index in [4.69, 9.17) is 10.3 Å². The lowest BCUT2D eigenvalue weighted by Crippen LogP contribution is -1.94. The van der Waals surface area contributed by atoms with Crippen molar-refractivity contribution in [1.82, 2.24) is 0 Å². The van der Waals surface area contributed by atoms with E-state index in [0.717, 1.165) is 11.4 Å². The normalized spacial score (nSPS) is 9.43. The fourth-order valence-electron chi connectivity index (χ4n) is 0.966. The van der Waals surface area contributed by atoms with Gasteiger partial charge in [0.1, 0.15) is 5.75 Å². The van der Waals surface area contributed by atoms with E-state index in [0.29, 0.717) is 5.69 Å². The molecular weight excluding hydrogens is 214 g/mol. The minimum Gasteiger partial charge on any atom is -0.472 e. The highest BCUT2D eigenvalue weighted by Gasteiger charge is 2.03. The van der Waals surface area contributed by atoms with E-state index in [9.17, 15) is 0 Å². The van der Waals surface area contributed by atoms with Gasteiger partial charge >= 0.3 is 0 Å². The predicted molar refractivity (Wildman–Crippen MR) is 70.9 cm³/mol. The first kappa shape index (κ1) is 13.5. The Hall–Kier alpha value is -0.520.